The molecule has 0 radical (unpaired) electrons. The first-order chi connectivity index (χ1) is 15.5. The van der Waals surface area contributed by atoms with E-state index >= 15 is 0 Å². The number of hydrogen-bond acceptors (Lipinski definition) is 0. The van der Waals surface area contributed by atoms with Gasteiger partial charge >= 0.3 is 0 Å². The largest absolute Gasteiger partial charge is 0.308 e. The van der Waals surface area contributed by atoms with Crippen molar-refractivity contribution in [3.63, 3.8) is 0 Å². The maximum atomic E-state index is 2.51. The molecule has 1 aromatic heterocycles. The quantitative estimate of drug-likeness (QED) is 0.273. The molecule has 1 nitrogen and oxygen atoms in total. The maximum Gasteiger partial charge on any atom is 0.0616 e. The Kier molecular flexibility index (Phi) is 4.01. The predicted molar refractivity (Wildman–Crippen MR) is 138 cm³/mol. The number of hydrogen-bond donors (Lipinski definition) is 0. The molecule has 1 heteroatoms. The summed E-state index contributed by atoms with van der Waals surface area (Å²) >= 11 is 0. The average molecular weight is 414 g/mol. The third-order valence-electron chi connectivity index (χ3n) is 7.35. The van der Waals surface area contributed by atoms with Crippen molar-refractivity contribution in [3.05, 3.63) is 108 Å². The minimum Gasteiger partial charge on any atom is -0.308 e. The van der Waals surface area contributed by atoms with Crippen molar-refractivity contribution >= 4 is 27.2 Å². The van der Waals surface area contributed by atoms with Crippen LogP contribution in [0, 0.1) is 0 Å². The molecule has 0 atom stereocenters. The van der Waals surface area contributed by atoms with Crippen LogP contribution in [0.1, 0.15) is 44.4 Å². The van der Waals surface area contributed by atoms with Crippen LogP contribution in [-0.4, -0.2) is 4.57 Å². The molecule has 0 fully saturated rings. The summed E-state index contributed by atoms with van der Waals surface area (Å²) in [4.78, 5) is 0. The molecule has 1 aliphatic carbocycles. The lowest BCUT2D eigenvalue weighted by molar-refractivity contribution is 0.666. The van der Waals surface area contributed by atoms with Crippen molar-refractivity contribution < 1.29 is 0 Å². The summed E-state index contributed by atoms with van der Waals surface area (Å²) in [5, 5.41) is 3.94. The summed E-state index contributed by atoms with van der Waals surface area (Å²) in [6.45, 7) is 9.01. The third-order valence-corrected chi connectivity index (χ3v) is 7.35. The zero-order valence-corrected chi connectivity index (χ0v) is 19.1. The Balaban J connectivity index is 1.78. The second-order valence-electron chi connectivity index (χ2n) is 9.43. The van der Waals surface area contributed by atoms with Gasteiger partial charge in [-0.05, 0) is 53.6 Å². The van der Waals surface area contributed by atoms with Gasteiger partial charge in [0.15, 0.2) is 0 Å². The van der Waals surface area contributed by atoms with Crippen molar-refractivity contribution in [2.24, 2.45) is 0 Å². The van der Waals surface area contributed by atoms with Crippen LogP contribution in [0.5, 0.6) is 0 Å². The highest BCUT2D eigenvalue weighted by molar-refractivity contribution is 6.12. The number of aromatic nitrogens is 1. The van der Waals surface area contributed by atoms with Gasteiger partial charge in [0.05, 0.1) is 11.2 Å². The van der Waals surface area contributed by atoms with E-state index in [0.29, 0.717) is 0 Å². The van der Waals surface area contributed by atoms with E-state index in [-0.39, 0.29) is 5.41 Å². The summed E-state index contributed by atoms with van der Waals surface area (Å²) in [5.74, 6) is 0. The summed E-state index contributed by atoms with van der Waals surface area (Å²) < 4.78 is 2.51. The van der Waals surface area contributed by atoms with Crippen molar-refractivity contribution in [1.29, 1.82) is 0 Å². The highest BCUT2D eigenvalue weighted by Gasteiger charge is 2.40. The molecule has 0 unspecified atom stereocenters. The van der Waals surface area contributed by atoms with Crippen LogP contribution in [-0.2, 0) is 5.41 Å². The van der Waals surface area contributed by atoms with Crippen molar-refractivity contribution in [3.8, 4) is 16.9 Å². The fourth-order valence-corrected chi connectivity index (χ4v) is 5.60. The van der Waals surface area contributed by atoms with Gasteiger partial charge in [-0.1, -0.05) is 92.7 Å². The lowest BCUT2D eigenvalue weighted by atomic mass is 9.81. The smallest absolute Gasteiger partial charge is 0.0616 e. The fraction of sp³-hybridized carbons (Fsp3) is 0.161. The van der Waals surface area contributed by atoms with Crippen LogP contribution in [0.4, 0.5) is 0 Å². The fourth-order valence-electron chi connectivity index (χ4n) is 5.60. The highest BCUT2D eigenvalue weighted by atomic mass is 15.0. The molecule has 0 bridgehead atoms. The first-order valence-electron chi connectivity index (χ1n) is 11.4. The third kappa shape index (κ3) is 2.45. The van der Waals surface area contributed by atoms with Crippen LogP contribution in [0.15, 0.2) is 91.0 Å². The van der Waals surface area contributed by atoms with Gasteiger partial charge in [0.25, 0.3) is 0 Å². The van der Waals surface area contributed by atoms with Crippen molar-refractivity contribution in [2.75, 3.05) is 0 Å². The van der Waals surface area contributed by atoms with Crippen LogP contribution in [0.2, 0.25) is 0 Å². The molecule has 0 saturated carbocycles. The van der Waals surface area contributed by atoms with Gasteiger partial charge in [0.1, 0.15) is 0 Å². The average Bonchev–Trinajstić information content (AvgIpc) is 3.30. The first kappa shape index (κ1) is 19.1. The Morgan fingerprint density at radius 3 is 2.28 bits per heavy atom. The molecule has 32 heavy (non-hydrogen) atoms. The first-order valence-corrected chi connectivity index (χ1v) is 11.4. The van der Waals surface area contributed by atoms with Gasteiger partial charge in [-0.3, -0.25) is 0 Å². The summed E-state index contributed by atoms with van der Waals surface area (Å²) in [5.41, 5.74) is 10.6. The molecule has 1 aliphatic rings. The zero-order valence-electron chi connectivity index (χ0n) is 19.1. The highest BCUT2D eigenvalue weighted by Crippen LogP contribution is 2.54. The molecule has 0 amide bonds. The molecular formula is C31H27N. The van der Waals surface area contributed by atoms with E-state index in [1.54, 1.807) is 0 Å². The molecule has 5 aromatic rings. The number of benzene rings is 4. The molecule has 0 spiro atoms. The molecule has 1 heterocycles. The van der Waals surface area contributed by atoms with Gasteiger partial charge in [0.2, 0.25) is 0 Å². The predicted octanol–water partition coefficient (Wildman–Crippen LogP) is 8.51. The van der Waals surface area contributed by atoms with Crippen LogP contribution >= 0.6 is 0 Å². The Hall–Kier alpha value is -3.58. The second kappa shape index (κ2) is 6.71. The zero-order chi connectivity index (χ0) is 22.0. The Morgan fingerprint density at radius 1 is 0.781 bits per heavy atom. The summed E-state index contributed by atoms with van der Waals surface area (Å²) in [6, 6.07) is 31.4. The molecular weight excluding hydrogens is 386 g/mol. The SMILES string of the molecule is C/C=C(\C)c1ccc(-n2c3c(c4ccc5ccccc5c42)C(C)(C)c2ccccc2-3)cc1. The van der Waals surface area contributed by atoms with Crippen LogP contribution in [0.25, 0.3) is 44.2 Å². The number of allylic oxidation sites excluding steroid dienone is 2. The lowest BCUT2D eigenvalue weighted by Gasteiger charge is -2.21. The Morgan fingerprint density at radius 2 is 1.50 bits per heavy atom. The minimum absolute atomic E-state index is 0.0423. The standard InChI is InChI=1S/C31H27N/c1-5-20(2)21-14-17-23(18-15-21)32-29-24-11-7-6-10-22(24)16-19-26(29)28-30(32)25-12-8-9-13-27(25)31(28,3)4/h5-19H,1-4H3/b20-5+. The summed E-state index contributed by atoms with van der Waals surface area (Å²) in [6.07, 6.45) is 2.17. The van der Waals surface area contributed by atoms with Gasteiger partial charge in [-0.25, -0.2) is 0 Å². The number of nitrogens with zero attached hydrogens (tertiary/aromatic N) is 1. The molecule has 4 aromatic carbocycles. The minimum atomic E-state index is -0.0423. The van der Waals surface area contributed by atoms with Crippen LogP contribution in [0.3, 0.4) is 0 Å². The molecule has 0 aliphatic heterocycles. The van der Waals surface area contributed by atoms with Crippen LogP contribution < -0.4 is 0 Å². The molecule has 0 N–H and O–H groups in total. The second-order valence-corrected chi connectivity index (χ2v) is 9.43. The van der Waals surface area contributed by atoms with E-state index in [0.717, 1.165) is 0 Å². The Bertz CT molecular complexity index is 1540. The van der Waals surface area contributed by atoms with Crippen molar-refractivity contribution in [1.82, 2.24) is 4.57 Å². The van der Waals surface area contributed by atoms with Crippen molar-refractivity contribution in [2.45, 2.75) is 33.1 Å². The topological polar surface area (TPSA) is 4.93 Å². The number of fused-ring (bicyclic) bond motifs is 7. The van der Waals surface area contributed by atoms with Gasteiger partial charge in [-0.15, -0.1) is 0 Å². The van der Waals surface area contributed by atoms with E-state index in [2.05, 4.69) is 123 Å². The maximum absolute atomic E-state index is 2.51. The Labute approximate surface area is 189 Å². The van der Waals surface area contributed by atoms with E-state index in [9.17, 15) is 0 Å². The van der Waals surface area contributed by atoms with Gasteiger partial charge < -0.3 is 4.57 Å². The van der Waals surface area contributed by atoms with E-state index in [1.807, 2.05) is 0 Å². The van der Waals surface area contributed by atoms with Gasteiger partial charge in [0, 0.05) is 27.4 Å². The monoisotopic (exact) mass is 413 g/mol. The molecule has 6 rings (SSSR count). The molecule has 156 valence electrons. The van der Waals surface area contributed by atoms with E-state index in [4.69, 9.17) is 0 Å². The number of rotatable bonds is 2. The van der Waals surface area contributed by atoms with E-state index < -0.39 is 0 Å². The van der Waals surface area contributed by atoms with E-state index in [1.165, 1.54) is 60.9 Å². The normalized spacial score (nSPS) is 14.7. The lowest BCUT2D eigenvalue weighted by Crippen LogP contribution is -2.14. The molecule has 0 saturated heterocycles. The van der Waals surface area contributed by atoms with Gasteiger partial charge in [-0.2, -0.15) is 0 Å². The summed E-state index contributed by atoms with van der Waals surface area (Å²) in [7, 11) is 0.